The molecular formula is C24H27F2N5. The van der Waals surface area contributed by atoms with Crippen LogP contribution < -0.4 is 0 Å². The van der Waals surface area contributed by atoms with Crippen molar-refractivity contribution in [2.75, 3.05) is 26.2 Å². The molecule has 2 fully saturated rings. The quantitative estimate of drug-likeness (QED) is 0.603. The Morgan fingerprint density at radius 2 is 1.52 bits per heavy atom. The Balaban J connectivity index is 1.42. The number of aromatic nitrogens is 3. The van der Waals surface area contributed by atoms with Crippen molar-refractivity contribution in [2.24, 2.45) is 0 Å². The summed E-state index contributed by atoms with van der Waals surface area (Å²) in [4.78, 5) is 5.03. The van der Waals surface area contributed by atoms with E-state index in [1.807, 2.05) is 16.7 Å². The largest absolute Gasteiger partial charge is 0.311 e. The molecule has 7 heteroatoms. The van der Waals surface area contributed by atoms with Crippen molar-refractivity contribution in [3.63, 3.8) is 0 Å². The normalized spacial score (nSPS) is 19.3. The molecule has 1 saturated carbocycles. The van der Waals surface area contributed by atoms with E-state index in [9.17, 15) is 8.78 Å². The van der Waals surface area contributed by atoms with Crippen LogP contribution in [0.2, 0.25) is 0 Å². The summed E-state index contributed by atoms with van der Waals surface area (Å²) in [6, 6.07) is 13.8. The van der Waals surface area contributed by atoms with Crippen LogP contribution in [0.3, 0.4) is 0 Å². The predicted molar refractivity (Wildman–Crippen MR) is 115 cm³/mol. The van der Waals surface area contributed by atoms with E-state index in [2.05, 4.69) is 20.0 Å². The Labute approximate surface area is 181 Å². The average Bonchev–Trinajstić information content (AvgIpc) is 3.19. The SMILES string of the molecule is Fc1ccc(Cn2cnnc2C(c2ccc(F)cc2)N2CCN(C3CCC3)CC2)cc1. The molecule has 1 aromatic heterocycles. The number of piperazine rings is 1. The molecule has 0 N–H and O–H groups in total. The number of nitrogens with zero attached hydrogens (tertiary/aromatic N) is 5. The van der Waals surface area contributed by atoms with Gasteiger partial charge in [-0.05, 0) is 48.2 Å². The molecule has 162 valence electrons. The van der Waals surface area contributed by atoms with E-state index in [0.717, 1.165) is 49.2 Å². The number of hydrogen-bond donors (Lipinski definition) is 0. The van der Waals surface area contributed by atoms with Crippen molar-refractivity contribution < 1.29 is 8.78 Å². The van der Waals surface area contributed by atoms with Gasteiger partial charge < -0.3 is 4.57 Å². The molecule has 31 heavy (non-hydrogen) atoms. The van der Waals surface area contributed by atoms with E-state index >= 15 is 0 Å². The molecule has 0 spiro atoms. The summed E-state index contributed by atoms with van der Waals surface area (Å²) < 4.78 is 29.0. The lowest BCUT2D eigenvalue weighted by molar-refractivity contribution is 0.0476. The summed E-state index contributed by atoms with van der Waals surface area (Å²) in [5, 5.41) is 8.66. The van der Waals surface area contributed by atoms with Crippen LogP contribution in [0, 0.1) is 11.6 Å². The molecule has 1 saturated heterocycles. The first kappa shape index (κ1) is 20.3. The highest BCUT2D eigenvalue weighted by atomic mass is 19.1. The van der Waals surface area contributed by atoms with Crippen LogP contribution in [0.1, 0.15) is 42.3 Å². The van der Waals surface area contributed by atoms with Gasteiger partial charge in [-0.15, -0.1) is 10.2 Å². The highest BCUT2D eigenvalue weighted by molar-refractivity contribution is 5.27. The van der Waals surface area contributed by atoms with Crippen molar-refractivity contribution in [1.29, 1.82) is 0 Å². The Morgan fingerprint density at radius 3 is 2.13 bits per heavy atom. The monoisotopic (exact) mass is 423 g/mol. The van der Waals surface area contributed by atoms with E-state index in [1.165, 1.54) is 43.5 Å². The number of benzene rings is 2. The lowest BCUT2D eigenvalue weighted by atomic mass is 9.91. The molecule has 0 bridgehead atoms. The standard InChI is InChI=1S/C24H27F2N5/c25-20-8-4-18(5-9-20)16-31-17-27-28-24(31)23(19-6-10-21(26)11-7-19)30-14-12-29(13-15-30)22-2-1-3-22/h4-11,17,22-23H,1-3,12-16H2. The van der Waals surface area contributed by atoms with Crippen molar-refractivity contribution in [3.8, 4) is 0 Å². The fraction of sp³-hybridized carbons (Fsp3) is 0.417. The van der Waals surface area contributed by atoms with Gasteiger partial charge in [0.05, 0.1) is 12.6 Å². The third kappa shape index (κ3) is 4.38. The highest BCUT2D eigenvalue weighted by Gasteiger charge is 2.33. The fourth-order valence-corrected chi connectivity index (χ4v) is 4.66. The molecule has 1 aliphatic carbocycles. The van der Waals surface area contributed by atoms with Crippen molar-refractivity contribution in [2.45, 2.75) is 37.9 Å². The molecule has 1 atom stereocenters. The molecule has 5 nitrogen and oxygen atoms in total. The van der Waals surface area contributed by atoms with E-state index in [4.69, 9.17) is 0 Å². The van der Waals surface area contributed by atoms with Crippen LogP contribution >= 0.6 is 0 Å². The van der Waals surface area contributed by atoms with Gasteiger partial charge in [0.1, 0.15) is 18.0 Å². The van der Waals surface area contributed by atoms with Gasteiger partial charge in [0, 0.05) is 32.2 Å². The van der Waals surface area contributed by atoms with Crippen molar-refractivity contribution >= 4 is 0 Å². The molecule has 0 amide bonds. The van der Waals surface area contributed by atoms with Crippen molar-refractivity contribution in [1.82, 2.24) is 24.6 Å². The third-order valence-electron chi connectivity index (χ3n) is 6.65. The van der Waals surface area contributed by atoms with Crippen molar-refractivity contribution in [3.05, 3.63) is 83.4 Å². The lowest BCUT2D eigenvalue weighted by Crippen LogP contribution is -2.53. The number of hydrogen-bond acceptors (Lipinski definition) is 4. The van der Waals surface area contributed by atoms with Gasteiger partial charge in [0.25, 0.3) is 0 Å². The highest BCUT2D eigenvalue weighted by Crippen LogP contribution is 2.31. The smallest absolute Gasteiger partial charge is 0.155 e. The third-order valence-corrected chi connectivity index (χ3v) is 6.65. The van der Waals surface area contributed by atoms with Gasteiger partial charge in [0.15, 0.2) is 5.82 Å². The van der Waals surface area contributed by atoms with E-state index in [1.54, 1.807) is 18.5 Å². The molecule has 1 unspecified atom stereocenters. The van der Waals surface area contributed by atoms with E-state index < -0.39 is 0 Å². The Hall–Kier alpha value is -2.64. The molecule has 0 radical (unpaired) electrons. The van der Waals surface area contributed by atoms with Crippen LogP contribution in [-0.2, 0) is 6.54 Å². The van der Waals surface area contributed by atoms with E-state index in [0.29, 0.717) is 6.54 Å². The molecule has 3 aromatic rings. The Bertz CT molecular complexity index is 990. The molecule has 2 aromatic carbocycles. The number of rotatable bonds is 6. The number of halogens is 2. The second-order valence-electron chi connectivity index (χ2n) is 8.55. The first-order chi connectivity index (χ1) is 15.2. The molecule has 1 aliphatic heterocycles. The van der Waals surface area contributed by atoms with Gasteiger partial charge in [-0.25, -0.2) is 8.78 Å². The topological polar surface area (TPSA) is 37.2 Å². The van der Waals surface area contributed by atoms with Gasteiger partial charge >= 0.3 is 0 Å². The minimum absolute atomic E-state index is 0.105. The first-order valence-corrected chi connectivity index (χ1v) is 11.0. The lowest BCUT2D eigenvalue weighted by Gasteiger charge is -2.44. The Kier molecular flexibility index (Phi) is 5.78. The van der Waals surface area contributed by atoms with Gasteiger partial charge in [0.2, 0.25) is 0 Å². The zero-order valence-corrected chi connectivity index (χ0v) is 17.5. The Morgan fingerprint density at radius 1 is 0.871 bits per heavy atom. The van der Waals surface area contributed by atoms with E-state index in [-0.39, 0.29) is 17.7 Å². The summed E-state index contributed by atoms with van der Waals surface area (Å²) in [5.74, 6) is 0.333. The molecular weight excluding hydrogens is 396 g/mol. The minimum atomic E-state index is -0.249. The summed E-state index contributed by atoms with van der Waals surface area (Å²) in [6.45, 7) is 4.50. The summed E-state index contributed by atoms with van der Waals surface area (Å²) >= 11 is 0. The zero-order valence-electron chi connectivity index (χ0n) is 17.5. The molecule has 2 heterocycles. The summed E-state index contributed by atoms with van der Waals surface area (Å²) in [7, 11) is 0. The van der Waals surface area contributed by atoms with Gasteiger partial charge in [-0.2, -0.15) is 0 Å². The fourth-order valence-electron chi connectivity index (χ4n) is 4.66. The summed E-state index contributed by atoms with van der Waals surface area (Å²) in [5.41, 5.74) is 1.99. The maximum absolute atomic E-state index is 13.6. The minimum Gasteiger partial charge on any atom is -0.311 e. The predicted octanol–water partition coefficient (Wildman–Crippen LogP) is 3.86. The zero-order chi connectivity index (χ0) is 21.2. The molecule has 2 aliphatic rings. The van der Waals surface area contributed by atoms with Crippen LogP contribution in [0.4, 0.5) is 8.78 Å². The molecule has 5 rings (SSSR count). The first-order valence-electron chi connectivity index (χ1n) is 11.0. The van der Waals surface area contributed by atoms with Crippen LogP contribution in [-0.4, -0.2) is 56.8 Å². The van der Waals surface area contributed by atoms with Crippen LogP contribution in [0.5, 0.6) is 0 Å². The average molecular weight is 424 g/mol. The summed E-state index contributed by atoms with van der Waals surface area (Å²) in [6.07, 6.45) is 5.69. The van der Waals surface area contributed by atoms with Crippen LogP contribution in [0.15, 0.2) is 54.9 Å². The second kappa shape index (κ2) is 8.85. The maximum atomic E-state index is 13.6. The van der Waals surface area contributed by atoms with Gasteiger partial charge in [-0.1, -0.05) is 30.7 Å². The van der Waals surface area contributed by atoms with Gasteiger partial charge in [-0.3, -0.25) is 9.80 Å². The van der Waals surface area contributed by atoms with Crippen LogP contribution in [0.25, 0.3) is 0 Å². The second-order valence-corrected chi connectivity index (χ2v) is 8.55. The maximum Gasteiger partial charge on any atom is 0.155 e.